The van der Waals surface area contributed by atoms with E-state index in [1.165, 1.54) is 19.3 Å². The minimum absolute atomic E-state index is 0.0231. The minimum atomic E-state index is -0.277. The van der Waals surface area contributed by atoms with Crippen LogP contribution in [-0.4, -0.2) is 23.7 Å². The Labute approximate surface area is 190 Å². The van der Waals surface area contributed by atoms with Gasteiger partial charge in [-0.15, -0.1) is 0 Å². The highest BCUT2D eigenvalue weighted by atomic mass is 16.5. The van der Waals surface area contributed by atoms with Crippen LogP contribution in [0.4, 0.5) is 0 Å². The van der Waals surface area contributed by atoms with Crippen LogP contribution in [-0.2, 0) is 22.5 Å². The van der Waals surface area contributed by atoms with E-state index in [0.29, 0.717) is 23.9 Å². The molecule has 2 N–H and O–H groups in total. The molecule has 0 radical (unpaired) electrons. The fourth-order valence-electron chi connectivity index (χ4n) is 4.39. The van der Waals surface area contributed by atoms with Gasteiger partial charge >= 0.3 is 5.97 Å². The molecule has 5 heteroatoms. The highest BCUT2D eigenvalue weighted by Gasteiger charge is 2.17. The third-order valence-corrected chi connectivity index (χ3v) is 6.29. The number of aryl methyl sites for hydroxylation is 3. The van der Waals surface area contributed by atoms with Crippen molar-refractivity contribution in [3.8, 4) is 0 Å². The Balaban J connectivity index is 1.97. The van der Waals surface area contributed by atoms with Gasteiger partial charge in [-0.25, -0.2) is 0 Å². The molecule has 2 aromatic carbocycles. The number of aromatic nitrogens is 1. The van der Waals surface area contributed by atoms with Crippen LogP contribution in [0.15, 0.2) is 35.1 Å². The normalized spacial score (nSPS) is 11.4. The number of hydrogen-bond donors (Lipinski definition) is 1. The predicted molar refractivity (Wildman–Crippen MR) is 132 cm³/mol. The van der Waals surface area contributed by atoms with Crippen LogP contribution in [0.5, 0.6) is 0 Å². The SMILES string of the molecule is CCCCCCCOC(=O)Cc1cccc2c1c(=O)c1ccc(C)c(C)c1n2CCCN. The van der Waals surface area contributed by atoms with Crippen molar-refractivity contribution in [2.75, 3.05) is 13.2 Å². The average Bonchev–Trinajstić information content (AvgIpc) is 2.78. The fraction of sp³-hybridized carbons (Fsp3) is 0.481. The molecule has 1 aromatic heterocycles. The number of carbonyl (C=O) groups excluding carboxylic acids is 1. The first-order valence-electron chi connectivity index (χ1n) is 11.9. The summed E-state index contributed by atoms with van der Waals surface area (Å²) in [4.78, 5) is 26.1. The Bertz CT molecular complexity index is 1150. The zero-order valence-electron chi connectivity index (χ0n) is 19.7. The third kappa shape index (κ3) is 5.21. The number of carbonyl (C=O) groups is 1. The molecule has 0 amide bonds. The summed E-state index contributed by atoms with van der Waals surface area (Å²) in [6.45, 7) is 8.04. The number of nitrogens with two attached hydrogens (primary N) is 1. The molecule has 0 saturated heterocycles. The average molecular weight is 437 g/mol. The van der Waals surface area contributed by atoms with Crippen LogP contribution in [0.2, 0.25) is 0 Å². The van der Waals surface area contributed by atoms with Crippen molar-refractivity contribution in [1.29, 1.82) is 0 Å². The van der Waals surface area contributed by atoms with Gasteiger partial charge in [0.15, 0.2) is 5.43 Å². The van der Waals surface area contributed by atoms with E-state index < -0.39 is 0 Å². The van der Waals surface area contributed by atoms with E-state index in [-0.39, 0.29) is 17.8 Å². The molecule has 0 bridgehead atoms. The van der Waals surface area contributed by atoms with E-state index in [4.69, 9.17) is 10.5 Å². The molecular weight excluding hydrogens is 400 g/mol. The van der Waals surface area contributed by atoms with Gasteiger partial charge < -0.3 is 15.0 Å². The molecule has 172 valence electrons. The summed E-state index contributed by atoms with van der Waals surface area (Å²) in [6, 6.07) is 9.66. The summed E-state index contributed by atoms with van der Waals surface area (Å²) in [6.07, 6.45) is 6.46. The quantitative estimate of drug-likeness (QED) is 0.255. The lowest BCUT2D eigenvalue weighted by Crippen LogP contribution is -2.17. The van der Waals surface area contributed by atoms with Crippen LogP contribution < -0.4 is 11.2 Å². The maximum atomic E-state index is 13.6. The fourth-order valence-corrected chi connectivity index (χ4v) is 4.39. The molecule has 5 nitrogen and oxygen atoms in total. The Kier molecular flexibility index (Phi) is 8.46. The molecule has 3 aromatic rings. The number of esters is 1. The van der Waals surface area contributed by atoms with E-state index in [0.717, 1.165) is 53.5 Å². The largest absolute Gasteiger partial charge is 0.465 e. The van der Waals surface area contributed by atoms with Gasteiger partial charge in [-0.3, -0.25) is 9.59 Å². The second kappa shape index (κ2) is 11.3. The summed E-state index contributed by atoms with van der Waals surface area (Å²) >= 11 is 0. The van der Waals surface area contributed by atoms with Crippen LogP contribution in [0.3, 0.4) is 0 Å². The van der Waals surface area contributed by atoms with E-state index in [1.807, 2.05) is 30.3 Å². The van der Waals surface area contributed by atoms with Crippen LogP contribution >= 0.6 is 0 Å². The summed E-state index contributed by atoms with van der Waals surface area (Å²) in [5, 5.41) is 1.30. The van der Waals surface area contributed by atoms with Crippen LogP contribution in [0.1, 0.15) is 62.1 Å². The molecule has 0 atom stereocenters. The van der Waals surface area contributed by atoms with E-state index in [9.17, 15) is 9.59 Å². The first-order chi connectivity index (χ1) is 15.5. The van der Waals surface area contributed by atoms with Crippen LogP contribution in [0, 0.1) is 13.8 Å². The molecule has 1 heterocycles. The van der Waals surface area contributed by atoms with Gasteiger partial charge in [-0.1, -0.05) is 50.8 Å². The first kappa shape index (κ1) is 24.0. The molecule has 32 heavy (non-hydrogen) atoms. The Hall–Kier alpha value is -2.66. The number of pyridine rings is 1. The zero-order valence-corrected chi connectivity index (χ0v) is 19.7. The number of rotatable bonds is 11. The predicted octanol–water partition coefficient (Wildman–Crippen LogP) is 5.18. The summed E-state index contributed by atoms with van der Waals surface area (Å²) < 4.78 is 7.67. The Morgan fingerprint density at radius 3 is 2.56 bits per heavy atom. The molecule has 0 unspecified atom stereocenters. The molecule has 3 rings (SSSR count). The molecule has 0 saturated carbocycles. The van der Waals surface area contributed by atoms with Gasteiger partial charge in [0.25, 0.3) is 0 Å². The van der Waals surface area contributed by atoms with Crippen molar-refractivity contribution in [2.45, 2.75) is 72.3 Å². The summed E-state index contributed by atoms with van der Waals surface area (Å²) in [5.74, 6) is -0.277. The van der Waals surface area contributed by atoms with E-state index >= 15 is 0 Å². The highest BCUT2D eigenvalue weighted by molar-refractivity contribution is 5.97. The molecule has 0 fully saturated rings. The third-order valence-electron chi connectivity index (χ3n) is 6.29. The van der Waals surface area contributed by atoms with Crippen molar-refractivity contribution in [1.82, 2.24) is 4.57 Å². The van der Waals surface area contributed by atoms with Crippen molar-refractivity contribution < 1.29 is 9.53 Å². The second-order valence-corrected chi connectivity index (χ2v) is 8.65. The monoisotopic (exact) mass is 436 g/mol. The zero-order chi connectivity index (χ0) is 23.1. The summed E-state index contributed by atoms with van der Waals surface area (Å²) in [7, 11) is 0. The van der Waals surface area contributed by atoms with Gasteiger partial charge in [-0.2, -0.15) is 0 Å². The Morgan fingerprint density at radius 1 is 1.03 bits per heavy atom. The number of nitrogens with zero attached hydrogens (tertiary/aromatic N) is 1. The smallest absolute Gasteiger partial charge is 0.310 e. The topological polar surface area (TPSA) is 74.3 Å². The highest BCUT2D eigenvalue weighted by Crippen LogP contribution is 2.26. The van der Waals surface area contributed by atoms with E-state index in [2.05, 4.69) is 25.3 Å². The minimum Gasteiger partial charge on any atom is -0.465 e. The van der Waals surface area contributed by atoms with Crippen LogP contribution in [0.25, 0.3) is 21.8 Å². The molecule has 0 aliphatic heterocycles. The number of hydrogen-bond acceptors (Lipinski definition) is 4. The molecular formula is C27H36N2O3. The van der Waals surface area contributed by atoms with E-state index in [1.54, 1.807) is 0 Å². The maximum absolute atomic E-state index is 13.6. The summed E-state index contributed by atoms with van der Waals surface area (Å²) in [5.41, 5.74) is 10.6. The van der Waals surface area contributed by atoms with Gasteiger partial charge in [-0.05, 0) is 62.1 Å². The number of unbranched alkanes of at least 4 members (excludes halogenated alkanes) is 4. The van der Waals surface area contributed by atoms with Gasteiger partial charge in [0, 0.05) is 11.9 Å². The van der Waals surface area contributed by atoms with Crippen molar-refractivity contribution in [3.63, 3.8) is 0 Å². The molecule has 0 aliphatic rings. The van der Waals surface area contributed by atoms with Crippen molar-refractivity contribution in [2.24, 2.45) is 5.73 Å². The Morgan fingerprint density at radius 2 is 1.81 bits per heavy atom. The maximum Gasteiger partial charge on any atom is 0.310 e. The molecule has 0 aliphatic carbocycles. The van der Waals surface area contributed by atoms with Crippen molar-refractivity contribution in [3.05, 3.63) is 57.2 Å². The number of fused-ring (bicyclic) bond motifs is 2. The first-order valence-corrected chi connectivity index (χ1v) is 11.9. The number of ether oxygens (including phenoxy) is 1. The standard InChI is InChI=1S/C27H36N2O3/c1-4-5-6-7-8-17-32-24(30)18-21-11-9-12-23-25(21)27(31)22-14-13-19(2)20(3)26(22)29(23)16-10-15-28/h9,11-14H,4-8,10,15-18,28H2,1-3H3. The number of benzene rings is 2. The lowest BCUT2D eigenvalue weighted by atomic mass is 9.98. The van der Waals surface area contributed by atoms with Crippen molar-refractivity contribution >= 4 is 27.8 Å². The second-order valence-electron chi connectivity index (χ2n) is 8.65. The lowest BCUT2D eigenvalue weighted by Gasteiger charge is -2.19. The van der Waals surface area contributed by atoms with Gasteiger partial charge in [0.1, 0.15) is 0 Å². The molecule has 0 spiro atoms. The van der Waals surface area contributed by atoms with Gasteiger partial charge in [0.05, 0.1) is 29.4 Å². The lowest BCUT2D eigenvalue weighted by molar-refractivity contribution is -0.142. The van der Waals surface area contributed by atoms with Gasteiger partial charge in [0.2, 0.25) is 0 Å².